The molecule has 2 nitrogen and oxygen atoms in total. The summed E-state index contributed by atoms with van der Waals surface area (Å²) >= 11 is 2.30. The van der Waals surface area contributed by atoms with Crippen LogP contribution in [-0.4, -0.2) is 11.7 Å². The van der Waals surface area contributed by atoms with E-state index < -0.39 is 6.10 Å². The summed E-state index contributed by atoms with van der Waals surface area (Å²) in [4.78, 5) is 0. The summed E-state index contributed by atoms with van der Waals surface area (Å²) in [6, 6.07) is 12.1. The van der Waals surface area contributed by atoms with Gasteiger partial charge in [0.05, 0.1) is 6.61 Å². The Morgan fingerprint density at radius 1 is 1.15 bits per heavy atom. The standard InChI is InChI=1S/C17H17IO2/c1-11-5-2-8-13(15(11)18)16(19)14-9-3-6-12-7-4-10-20-17(12)14/h2-3,5-6,8-9,16,19H,4,7,10H2,1H3. The molecule has 0 aliphatic carbocycles. The first-order valence-corrected chi connectivity index (χ1v) is 7.94. The van der Waals surface area contributed by atoms with Crippen molar-refractivity contribution in [3.63, 3.8) is 0 Å². The van der Waals surface area contributed by atoms with Gasteiger partial charge in [0, 0.05) is 9.13 Å². The molecule has 1 aliphatic heterocycles. The van der Waals surface area contributed by atoms with Crippen molar-refractivity contribution in [2.45, 2.75) is 25.9 Å². The summed E-state index contributed by atoms with van der Waals surface area (Å²) in [5.41, 5.74) is 4.22. The first kappa shape index (κ1) is 13.9. The van der Waals surface area contributed by atoms with Crippen LogP contribution >= 0.6 is 22.6 Å². The highest BCUT2D eigenvalue weighted by atomic mass is 127. The van der Waals surface area contributed by atoms with Gasteiger partial charge < -0.3 is 9.84 Å². The van der Waals surface area contributed by atoms with Gasteiger partial charge in [-0.05, 0) is 59.0 Å². The smallest absolute Gasteiger partial charge is 0.128 e. The number of aliphatic hydroxyl groups is 1. The summed E-state index contributed by atoms with van der Waals surface area (Å²) in [5, 5.41) is 10.8. The molecule has 0 saturated carbocycles. The number of halogens is 1. The lowest BCUT2D eigenvalue weighted by molar-refractivity contribution is 0.206. The molecule has 2 aromatic rings. The minimum atomic E-state index is -0.630. The third-order valence-corrected chi connectivity index (χ3v) is 5.25. The van der Waals surface area contributed by atoms with Gasteiger partial charge in [0.2, 0.25) is 0 Å². The summed E-state index contributed by atoms with van der Waals surface area (Å²) in [5.74, 6) is 0.878. The molecule has 20 heavy (non-hydrogen) atoms. The molecule has 3 heteroatoms. The average Bonchev–Trinajstić information content (AvgIpc) is 2.49. The van der Waals surface area contributed by atoms with Gasteiger partial charge in [-0.1, -0.05) is 36.4 Å². The maximum atomic E-state index is 10.8. The molecule has 1 atom stereocenters. The summed E-state index contributed by atoms with van der Waals surface area (Å²) in [6.07, 6.45) is 1.45. The second-order valence-corrected chi connectivity index (χ2v) is 6.25. The normalized spacial score (nSPS) is 15.3. The number of benzene rings is 2. The van der Waals surface area contributed by atoms with Crippen molar-refractivity contribution in [1.29, 1.82) is 0 Å². The zero-order valence-electron chi connectivity index (χ0n) is 11.4. The molecule has 1 heterocycles. The first-order chi connectivity index (χ1) is 9.68. The number of ether oxygens (including phenoxy) is 1. The first-order valence-electron chi connectivity index (χ1n) is 6.86. The molecule has 1 unspecified atom stereocenters. The molecule has 3 rings (SSSR count). The van der Waals surface area contributed by atoms with Crippen LogP contribution < -0.4 is 4.74 Å². The van der Waals surface area contributed by atoms with E-state index in [2.05, 4.69) is 41.6 Å². The third-order valence-electron chi connectivity index (χ3n) is 3.77. The highest BCUT2D eigenvalue weighted by molar-refractivity contribution is 14.1. The second kappa shape index (κ2) is 5.74. The SMILES string of the molecule is Cc1cccc(C(O)c2cccc3c2OCCC3)c1I. The Kier molecular flexibility index (Phi) is 3.98. The average molecular weight is 380 g/mol. The second-order valence-electron chi connectivity index (χ2n) is 5.17. The van der Waals surface area contributed by atoms with Gasteiger partial charge in [-0.3, -0.25) is 0 Å². The van der Waals surface area contributed by atoms with Crippen molar-refractivity contribution in [3.8, 4) is 5.75 Å². The van der Waals surface area contributed by atoms with Crippen molar-refractivity contribution in [3.05, 3.63) is 62.2 Å². The largest absolute Gasteiger partial charge is 0.493 e. The van der Waals surface area contributed by atoms with Gasteiger partial charge in [0.15, 0.2) is 0 Å². The fraction of sp³-hybridized carbons (Fsp3) is 0.294. The van der Waals surface area contributed by atoms with Gasteiger partial charge in [0.25, 0.3) is 0 Å². The van der Waals surface area contributed by atoms with E-state index in [1.165, 1.54) is 11.1 Å². The Hall–Kier alpha value is -1.07. The maximum absolute atomic E-state index is 10.8. The summed E-state index contributed by atoms with van der Waals surface area (Å²) in [6.45, 7) is 2.80. The predicted molar refractivity (Wildman–Crippen MR) is 88.2 cm³/mol. The molecule has 1 aliphatic rings. The van der Waals surface area contributed by atoms with Crippen LogP contribution in [0.3, 0.4) is 0 Å². The zero-order chi connectivity index (χ0) is 14.1. The number of hydrogen-bond acceptors (Lipinski definition) is 2. The summed E-state index contributed by atoms with van der Waals surface area (Å²) < 4.78 is 6.92. The number of hydrogen-bond donors (Lipinski definition) is 1. The van der Waals surface area contributed by atoms with Crippen LogP contribution in [0, 0.1) is 10.5 Å². The van der Waals surface area contributed by atoms with E-state index in [0.29, 0.717) is 0 Å². The topological polar surface area (TPSA) is 29.5 Å². The Morgan fingerprint density at radius 2 is 1.90 bits per heavy atom. The molecule has 2 aromatic carbocycles. The molecule has 0 bridgehead atoms. The van der Waals surface area contributed by atoms with E-state index >= 15 is 0 Å². The zero-order valence-corrected chi connectivity index (χ0v) is 13.6. The lowest BCUT2D eigenvalue weighted by Crippen LogP contribution is -2.13. The molecule has 0 spiro atoms. The lowest BCUT2D eigenvalue weighted by atomic mass is 9.95. The van der Waals surface area contributed by atoms with E-state index in [0.717, 1.165) is 39.9 Å². The quantitative estimate of drug-likeness (QED) is 0.798. The molecular formula is C17H17IO2. The molecule has 0 saturated heterocycles. The molecule has 0 fully saturated rings. The molecule has 1 N–H and O–H groups in total. The van der Waals surface area contributed by atoms with Crippen LogP contribution in [0.2, 0.25) is 0 Å². The number of aryl methyl sites for hydroxylation is 2. The highest BCUT2D eigenvalue weighted by Gasteiger charge is 2.22. The maximum Gasteiger partial charge on any atom is 0.128 e. The number of rotatable bonds is 2. The monoisotopic (exact) mass is 380 g/mol. The Morgan fingerprint density at radius 3 is 2.75 bits per heavy atom. The van der Waals surface area contributed by atoms with Crippen LogP contribution in [0.4, 0.5) is 0 Å². The van der Waals surface area contributed by atoms with Crippen LogP contribution in [-0.2, 0) is 6.42 Å². The lowest BCUT2D eigenvalue weighted by Gasteiger charge is -2.23. The van der Waals surface area contributed by atoms with Crippen molar-refractivity contribution in [2.75, 3.05) is 6.61 Å². The molecule has 0 aromatic heterocycles. The van der Waals surface area contributed by atoms with Crippen molar-refractivity contribution in [2.24, 2.45) is 0 Å². The number of aliphatic hydroxyl groups excluding tert-OH is 1. The summed E-state index contributed by atoms with van der Waals surface area (Å²) in [7, 11) is 0. The van der Waals surface area contributed by atoms with Gasteiger partial charge in [-0.2, -0.15) is 0 Å². The Balaban J connectivity index is 2.07. The highest BCUT2D eigenvalue weighted by Crippen LogP contribution is 2.37. The van der Waals surface area contributed by atoms with Crippen LogP contribution in [0.15, 0.2) is 36.4 Å². The Bertz CT molecular complexity index is 637. The minimum Gasteiger partial charge on any atom is -0.493 e. The van der Waals surface area contributed by atoms with E-state index in [9.17, 15) is 5.11 Å². The van der Waals surface area contributed by atoms with Crippen LogP contribution in [0.25, 0.3) is 0 Å². The van der Waals surface area contributed by atoms with Gasteiger partial charge >= 0.3 is 0 Å². The van der Waals surface area contributed by atoms with Crippen LogP contribution in [0.5, 0.6) is 5.75 Å². The van der Waals surface area contributed by atoms with Crippen LogP contribution in [0.1, 0.15) is 34.8 Å². The number of fused-ring (bicyclic) bond motifs is 1. The van der Waals surface area contributed by atoms with Gasteiger partial charge in [-0.15, -0.1) is 0 Å². The predicted octanol–water partition coefficient (Wildman–Crippen LogP) is 4.01. The molecular weight excluding hydrogens is 363 g/mol. The number of para-hydroxylation sites is 1. The third kappa shape index (κ3) is 2.44. The minimum absolute atomic E-state index is 0.630. The molecule has 0 amide bonds. The van der Waals surface area contributed by atoms with Crippen molar-refractivity contribution < 1.29 is 9.84 Å². The van der Waals surface area contributed by atoms with E-state index in [-0.39, 0.29) is 0 Å². The molecule has 0 radical (unpaired) electrons. The van der Waals surface area contributed by atoms with Gasteiger partial charge in [0.1, 0.15) is 11.9 Å². The molecule has 104 valence electrons. The van der Waals surface area contributed by atoms with E-state index in [4.69, 9.17) is 4.74 Å². The van der Waals surface area contributed by atoms with Gasteiger partial charge in [-0.25, -0.2) is 0 Å². The fourth-order valence-electron chi connectivity index (χ4n) is 2.68. The fourth-order valence-corrected chi connectivity index (χ4v) is 3.33. The van der Waals surface area contributed by atoms with Crippen molar-refractivity contribution >= 4 is 22.6 Å². The Labute approximate surface area is 132 Å². The van der Waals surface area contributed by atoms with E-state index in [1.54, 1.807) is 0 Å². The van der Waals surface area contributed by atoms with E-state index in [1.807, 2.05) is 24.3 Å². The van der Waals surface area contributed by atoms with Crippen molar-refractivity contribution in [1.82, 2.24) is 0 Å².